The van der Waals surface area contributed by atoms with Gasteiger partial charge in [-0.1, -0.05) is 18.2 Å². The molecule has 0 fully saturated rings. The SMILES string of the molecule is COc1ccc(CCOc2cc(N)c(C)cc2C)cc1. The van der Waals surface area contributed by atoms with E-state index in [9.17, 15) is 0 Å². The van der Waals surface area contributed by atoms with E-state index in [1.165, 1.54) is 5.56 Å². The summed E-state index contributed by atoms with van der Waals surface area (Å²) in [4.78, 5) is 0. The largest absolute Gasteiger partial charge is 0.497 e. The second-order valence-electron chi connectivity index (χ2n) is 4.92. The zero-order chi connectivity index (χ0) is 14.5. The minimum atomic E-state index is 0.635. The highest BCUT2D eigenvalue weighted by atomic mass is 16.5. The quantitative estimate of drug-likeness (QED) is 0.846. The Labute approximate surface area is 120 Å². The molecule has 0 heterocycles. The molecule has 0 unspecified atom stereocenters. The average Bonchev–Trinajstić information content (AvgIpc) is 2.45. The molecule has 2 rings (SSSR count). The van der Waals surface area contributed by atoms with E-state index in [1.807, 2.05) is 32.0 Å². The topological polar surface area (TPSA) is 44.5 Å². The van der Waals surface area contributed by atoms with Crippen molar-refractivity contribution in [2.45, 2.75) is 20.3 Å². The fourth-order valence-corrected chi connectivity index (χ4v) is 2.07. The summed E-state index contributed by atoms with van der Waals surface area (Å²) in [5, 5.41) is 0. The Morgan fingerprint density at radius 2 is 1.70 bits per heavy atom. The zero-order valence-corrected chi connectivity index (χ0v) is 12.3. The Morgan fingerprint density at radius 1 is 1.00 bits per heavy atom. The molecular formula is C17H21NO2. The molecule has 2 N–H and O–H groups in total. The standard InChI is InChI=1S/C17H21NO2/c1-12-10-13(2)17(11-16(12)18)20-9-8-14-4-6-15(19-3)7-5-14/h4-7,10-11H,8-9,18H2,1-3H3. The van der Waals surface area contributed by atoms with Gasteiger partial charge in [0.05, 0.1) is 13.7 Å². The van der Waals surface area contributed by atoms with Crippen molar-refractivity contribution >= 4 is 5.69 Å². The lowest BCUT2D eigenvalue weighted by Gasteiger charge is -2.11. The number of benzene rings is 2. The number of methoxy groups -OCH3 is 1. The highest BCUT2D eigenvalue weighted by Gasteiger charge is 2.03. The van der Waals surface area contributed by atoms with Gasteiger partial charge < -0.3 is 15.2 Å². The maximum absolute atomic E-state index is 5.91. The van der Waals surface area contributed by atoms with Crippen molar-refractivity contribution in [2.24, 2.45) is 0 Å². The molecule has 2 aromatic rings. The molecule has 0 bridgehead atoms. The van der Waals surface area contributed by atoms with Crippen LogP contribution in [0.3, 0.4) is 0 Å². The van der Waals surface area contributed by atoms with Crippen molar-refractivity contribution in [3.63, 3.8) is 0 Å². The molecule has 106 valence electrons. The Balaban J connectivity index is 1.94. The number of nitrogens with two attached hydrogens (primary N) is 1. The molecule has 0 aliphatic carbocycles. The van der Waals surface area contributed by atoms with Gasteiger partial charge in [-0.15, -0.1) is 0 Å². The lowest BCUT2D eigenvalue weighted by molar-refractivity contribution is 0.320. The predicted molar refractivity (Wildman–Crippen MR) is 82.5 cm³/mol. The first kappa shape index (κ1) is 14.3. The lowest BCUT2D eigenvalue weighted by Crippen LogP contribution is -2.03. The number of aryl methyl sites for hydroxylation is 2. The van der Waals surface area contributed by atoms with Crippen molar-refractivity contribution < 1.29 is 9.47 Å². The third-order valence-corrected chi connectivity index (χ3v) is 3.37. The van der Waals surface area contributed by atoms with Gasteiger partial charge in [0, 0.05) is 18.2 Å². The molecular weight excluding hydrogens is 250 g/mol. The molecule has 0 aromatic heterocycles. The van der Waals surface area contributed by atoms with Crippen LogP contribution in [0.5, 0.6) is 11.5 Å². The Morgan fingerprint density at radius 3 is 2.35 bits per heavy atom. The van der Waals surface area contributed by atoms with Crippen LogP contribution in [0, 0.1) is 13.8 Å². The highest BCUT2D eigenvalue weighted by molar-refractivity contribution is 5.54. The van der Waals surface area contributed by atoms with Crippen LogP contribution in [0.15, 0.2) is 36.4 Å². The monoisotopic (exact) mass is 271 g/mol. The van der Waals surface area contributed by atoms with Crippen LogP contribution < -0.4 is 15.2 Å². The van der Waals surface area contributed by atoms with Gasteiger partial charge in [-0.05, 0) is 42.7 Å². The molecule has 0 aliphatic heterocycles. The summed E-state index contributed by atoms with van der Waals surface area (Å²) in [6.45, 7) is 4.67. The van der Waals surface area contributed by atoms with E-state index in [1.54, 1.807) is 7.11 Å². The smallest absolute Gasteiger partial charge is 0.124 e. The number of anilines is 1. The molecule has 3 heteroatoms. The number of ether oxygens (including phenoxy) is 2. The Kier molecular flexibility index (Phi) is 4.51. The fourth-order valence-electron chi connectivity index (χ4n) is 2.07. The molecule has 2 aromatic carbocycles. The van der Waals surface area contributed by atoms with Gasteiger partial charge in [0.2, 0.25) is 0 Å². The first-order valence-corrected chi connectivity index (χ1v) is 6.72. The molecule has 0 amide bonds. The van der Waals surface area contributed by atoms with E-state index in [0.29, 0.717) is 6.61 Å². The minimum Gasteiger partial charge on any atom is -0.497 e. The summed E-state index contributed by atoms with van der Waals surface area (Å²) in [5.41, 5.74) is 10.1. The molecule has 0 spiro atoms. The van der Waals surface area contributed by atoms with Gasteiger partial charge in [-0.2, -0.15) is 0 Å². The van der Waals surface area contributed by atoms with Crippen molar-refractivity contribution in [3.05, 3.63) is 53.1 Å². The minimum absolute atomic E-state index is 0.635. The van der Waals surface area contributed by atoms with Crippen LogP contribution in [0.1, 0.15) is 16.7 Å². The van der Waals surface area contributed by atoms with Gasteiger partial charge in [0.1, 0.15) is 11.5 Å². The van der Waals surface area contributed by atoms with Crippen LogP contribution in [-0.4, -0.2) is 13.7 Å². The summed E-state index contributed by atoms with van der Waals surface area (Å²) in [7, 11) is 1.67. The van der Waals surface area contributed by atoms with Crippen LogP contribution in [0.25, 0.3) is 0 Å². The predicted octanol–water partition coefficient (Wildman–Crippen LogP) is 3.52. The number of nitrogen functional groups attached to an aromatic ring is 1. The van der Waals surface area contributed by atoms with Crippen molar-refractivity contribution in [3.8, 4) is 11.5 Å². The highest BCUT2D eigenvalue weighted by Crippen LogP contribution is 2.24. The van der Waals surface area contributed by atoms with Gasteiger partial charge in [0.15, 0.2) is 0 Å². The molecule has 20 heavy (non-hydrogen) atoms. The summed E-state index contributed by atoms with van der Waals surface area (Å²) >= 11 is 0. The van der Waals surface area contributed by atoms with Crippen molar-refractivity contribution in [1.82, 2.24) is 0 Å². The average molecular weight is 271 g/mol. The van der Waals surface area contributed by atoms with E-state index in [0.717, 1.165) is 34.7 Å². The zero-order valence-electron chi connectivity index (χ0n) is 12.3. The summed E-state index contributed by atoms with van der Waals surface area (Å²) in [5.74, 6) is 1.73. The normalized spacial score (nSPS) is 10.3. The van der Waals surface area contributed by atoms with Crippen molar-refractivity contribution in [2.75, 3.05) is 19.5 Å². The molecule has 0 saturated carbocycles. The number of rotatable bonds is 5. The Bertz CT molecular complexity index is 576. The van der Waals surface area contributed by atoms with Gasteiger partial charge in [-0.25, -0.2) is 0 Å². The molecule has 0 radical (unpaired) electrons. The molecule has 3 nitrogen and oxygen atoms in total. The van der Waals surface area contributed by atoms with E-state index in [2.05, 4.69) is 18.2 Å². The maximum Gasteiger partial charge on any atom is 0.124 e. The molecule has 0 saturated heterocycles. The first-order valence-electron chi connectivity index (χ1n) is 6.72. The van der Waals surface area contributed by atoms with Crippen molar-refractivity contribution in [1.29, 1.82) is 0 Å². The van der Waals surface area contributed by atoms with Crippen LogP contribution in [0.2, 0.25) is 0 Å². The summed E-state index contributed by atoms with van der Waals surface area (Å²) in [6, 6.07) is 12.0. The van der Waals surface area contributed by atoms with E-state index in [4.69, 9.17) is 15.2 Å². The second kappa shape index (κ2) is 6.33. The van der Waals surface area contributed by atoms with Gasteiger partial charge in [-0.3, -0.25) is 0 Å². The maximum atomic E-state index is 5.91. The molecule has 0 aliphatic rings. The van der Waals surface area contributed by atoms with Crippen LogP contribution in [0.4, 0.5) is 5.69 Å². The second-order valence-corrected chi connectivity index (χ2v) is 4.92. The van der Waals surface area contributed by atoms with E-state index < -0.39 is 0 Å². The number of hydrogen-bond acceptors (Lipinski definition) is 3. The third kappa shape index (κ3) is 3.44. The van der Waals surface area contributed by atoms with E-state index >= 15 is 0 Å². The van der Waals surface area contributed by atoms with Crippen LogP contribution >= 0.6 is 0 Å². The number of hydrogen-bond donors (Lipinski definition) is 1. The fraction of sp³-hybridized carbons (Fsp3) is 0.294. The summed E-state index contributed by atoms with van der Waals surface area (Å²) in [6.07, 6.45) is 0.858. The van der Waals surface area contributed by atoms with Gasteiger partial charge >= 0.3 is 0 Å². The van der Waals surface area contributed by atoms with E-state index in [-0.39, 0.29) is 0 Å². The summed E-state index contributed by atoms with van der Waals surface area (Å²) < 4.78 is 11.0. The van der Waals surface area contributed by atoms with Crippen LogP contribution in [-0.2, 0) is 6.42 Å². The van der Waals surface area contributed by atoms with Gasteiger partial charge in [0.25, 0.3) is 0 Å². The Hall–Kier alpha value is -2.16. The molecule has 0 atom stereocenters. The third-order valence-electron chi connectivity index (χ3n) is 3.37. The lowest BCUT2D eigenvalue weighted by atomic mass is 10.1. The first-order chi connectivity index (χ1) is 9.60.